The molecular formula is C18H9ClF3N3O2. The molecule has 1 aromatic carbocycles. The van der Waals surface area contributed by atoms with Gasteiger partial charge in [-0.2, -0.15) is 18.2 Å². The zero-order valence-corrected chi connectivity index (χ0v) is 14.1. The van der Waals surface area contributed by atoms with Gasteiger partial charge < -0.3 is 4.42 Å². The number of halogens is 4. The summed E-state index contributed by atoms with van der Waals surface area (Å²) in [4.78, 5) is 20.8. The van der Waals surface area contributed by atoms with Gasteiger partial charge in [0.25, 0.3) is 10.9 Å². The zero-order chi connectivity index (χ0) is 19.2. The fraction of sp³-hybridized carbons (Fsp3) is 0.0556. The number of alkyl halides is 3. The van der Waals surface area contributed by atoms with Crippen molar-refractivity contribution in [2.24, 2.45) is 0 Å². The summed E-state index contributed by atoms with van der Waals surface area (Å²) in [5, 5.41) is 0.400. The molecule has 3 heterocycles. The second-order valence-electron chi connectivity index (χ2n) is 5.63. The first-order chi connectivity index (χ1) is 12.8. The van der Waals surface area contributed by atoms with Gasteiger partial charge in [0.05, 0.1) is 5.56 Å². The first kappa shape index (κ1) is 17.3. The molecule has 0 fully saturated rings. The molecule has 0 aliphatic carbocycles. The topological polar surface area (TPSA) is 60.9 Å². The van der Waals surface area contributed by atoms with E-state index in [0.29, 0.717) is 10.9 Å². The Bertz CT molecular complexity index is 1200. The number of nitrogens with zero attached hydrogens (tertiary/aromatic N) is 3. The lowest BCUT2D eigenvalue weighted by atomic mass is 10.1. The highest BCUT2D eigenvalue weighted by Crippen LogP contribution is 2.33. The van der Waals surface area contributed by atoms with Gasteiger partial charge in [0, 0.05) is 23.3 Å². The van der Waals surface area contributed by atoms with Crippen LogP contribution in [-0.4, -0.2) is 14.5 Å². The third kappa shape index (κ3) is 3.08. The Morgan fingerprint density at radius 1 is 1.07 bits per heavy atom. The van der Waals surface area contributed by atoms with Gasteiger partial charge in [-0.3, -0.25) is 14.3 Å². The van der Waals surface area contributed by atoms with E-state index >= 15 is 0 Å². The van der Waals surface area contributed by atoms with Gasteiger partial charge in [0.1, 0.15) is 5.52 Å². The minimum atomic E-state index is -4.46. The van der Waals surface area contributed by atoms with Crippen molar-refractivity contribution >= 4 is 22.5 Å². The minimum absolute atomic E-state index is 0.0670. The summed E-state index contributed by atoms with van der Waals surface area (Å²) < 4.78 is 44.8. The minimum Gasteiger partial charge on any atom is -0.425 e. The highest BCUT2D eigenvalue weighted by Gasteiger charge is 2.30. The van der Waals surface area contributed by atoms with Crippen molar-refractivity contribution in [3.8, 4) is 17.1 Å². The molecule has 136 valence electrons. The van der Waals surface area contributed by atoms with Crippen molar-refractivity contribution in [2.75, 3.05) is 0 Å². The van der Waals surface area contributed by atoms with Gasteiger partial charge in [-0.15, -0.1) is 0 Å². The van der Waals surface area contributed by atoms with Crippen LogP contribution in [-0.2, 0) is 6.18 Å². The van der Waals surface area contributed by atoms with Crippen LogP contribution in [0.1, 0.15) is 5.56 Å². The van der Waals surface area contributed by atoms with E-state index in [1.54, 1.807) is 18.2 Å². The SMILES string of the molecule is O=c1c2ncccc2ccn1-c1nc(Cl)oc1-c1ccc(C(F)(F)F)cc1. The van der Waals surface area contributed by atoms with Gasteiger partial charge >= 0.3 is 6.18 Å². The van der Waals surface area contributed by atoms with Crippen molar-refractivity contribution in [3.05, 3.63) is 76.1 Å². The maximum Gasteiger partial charge on any atom is 0.416 e. The second kappa shape index (κ2) is 6.24. The van der Waals surface area contributed by atoms with Gasteiger partial charge in [-0.25, -0.2) is 0 Å². The third-order valence-corrected chi connectivity index (χ3v) is 4.11. The third-order valence-electron chi connectivity index (χ3n) is 3.95. The predicted octanol–water partition coefficient (Wildman–Crippen LogP) is 4.71. The van der Waals surface area contributed by atoms with E-state index < -0.39 is 17.3 Å². The Hall–Kier alpha value is -3.13. The number of benzene rings is 1. The van der Waals surface area contributed by atoms with E-state index in [9.17, 15) is 18.0 Å². The highest BCUT2D eigenvalue weighted by molar-refractivity contribution is 6.28. The average molecular weight is 392 g/mol. The van der Waals surface area contributed by atoms with Gasteiger partial charge in [-0.1, -0.05) is 18.2 Å². The molecule has 0 atom stereocenters. The van der Waals surface area contributed by atoms with Crippen LogP contribution in [0.5, 0.6) is 0 Å². The van der Waals surface area contributed by atoms with Crippen LogP contribution < -0.4 is 5.56 Å². The number of rotatable bonds is 2. The first-order valence-corrected chi connectivity index (χ1v) is 8.03. The van der Waals surface area contributed by atoms with Crippen molar-refractivity contribution in [3.63, 3.8) is 0 Å². The molecule has 3 aromatic heterocycles. The summed E-state index contributed by atoms with van der Waals surface area (Å²) in [6.07, 6.45) is -1.49. The predicted molar refractivity (Wildman–Crippen MR) is 92.8 cm³/mol. The molecular weight excluding hydrogens is 383 g/mol. The van der Waals surface area contributed by atoms with Crippen LogP contribution in [0.25, 0.3) is 28.0 Å². The summed E-state index contributed by atoms with van der Waals surface area (Å²) >= 11 is 5.85. The van der Waals surface area contributed by atoms with Crippen LogP contribution in [0, 0.1) is 0 Å². The Balaban J connectivity index is 1.88. The first-order valence-electron chi connectivity index (χ1n) is 7.65. The normalized spacial score (nSPS) is 11.9. The second-order valence-corrected chi connectivity index (χ2v) is 5.95. The van der Waals surface area contributed by atoms with Crippen LogP contribution >= 0.6 is 11.6 Å². The molecule has 4 aromatic rings. The lowest BCUT2D eigenvalue weighted by Crippen LogP contribution is -2.19. The monoisotopic (exact) mass is 391 g/mol. The van der Waals surface area contributed by atoms with E-state index in [4.69, 9.17) is 16.0 Å². The molecule has 9 heteroatoms. The highest BCUT2D eigenvalue weighted by atomic mass is 35.5. The van der Waals surface area contributed by atoms with E-state index in [0.717, 1.165) is 12.1 Å². The van der Waals surface area contributed by atoms with Gasteiger partial charge in [-0.05, 0) is 35.9 Å². The van der Waals surface area contributed by atoms with Crippen molar-refractivity contribution < 1.29 is 17.6 Å². The molecule has 0 saturated heterocycles. The number of aromatic nitrogens is 3. The standard InChI is InChI=1S/C18H9ClF3N3O2/c19-17-24-15(25-9-7-10-2-1-8-23-13(10)16(25)26)14(27-17)11-3-5-12(6-4-11)18(20,21)22/h1-9H. The van der Waals surface area contributed by atoms with Crippen LogP contribution in [0.4, 0.5) is 13.2 Å². The molecule has 0 aliphatic heterocycles. The molecule has 0 aliphatic rings. The van der Waals surface area contributed by atoms with Crippen molar-refractivity contribution in [1.82, 2.24) is 14.5 Å². The van der Waals surface area contributed by atoms with Crippen molar-refractivity contribution in [1.29, 1.82) is 0 Å². The average Bonchev–Trinajstić information content (AvgIpc) is 3.03. The van der Waals surface area contributed by atoms with E-state index in [-0.39, 0.29) is 22.4 Å². The molecule has 0 bridgehead atoms. The summed E-state index contributed by atoms with van der Waals surface area (Å²) in [6, 6.07) is 9.40. The molecule has 0 unspecified atom stereocenters. The number of oxazole rings is 1. The Morgan fingerprint density at radius 3 is 2.52 bits per heavy atom. The lowest BCUT2D eigenvalue weighted by Gasteiger charge is -2.08. The van der Waals surface area contributed by atoms with Crippen molar-refractivity contribution in [2.45, 2.75) is 6.18 Å². The molecule has 27 heavy (non-hydrogen) atoms. The Labute approximate surface area is 154 Å². The number of hydrogen-bond donors (Lipinski definition) is 0. The number of hydrogen-bond acceptors (Lipinski definition) is 4. The number of pyridine rings is 2. The summed E-state index contributed by atoms with van der Waals surface area (Å²) in [6.45, 7) is 0. The summed E-state index contributed by atoms with van der Waals surface area (Å²) in [7, 11) is 0. The molecule has 5 nitrogen and oxygen atoms in total. The molecule has 0 amide bonds. The molecule has 0 radical (unpaired) electrons. The van der Waals surface area contributed by atoms with Gasteiger partial charge in [0.15, 0.2) is 11.6 Å². The smallest absolute Gasteiger partial charge is 0.416 e. The van der Waals surface area contributed by atoms with Crippen LogP contribution in [0.3, 0.4) is 0 Å². The maximum absolute atomic E-state index is 12.8. The quantitative estimate of drug-likeness (QED) is 0.496. The largest absolute Gasteiger partial charge is 0.425 e. The lowest BCUT2D eigenvalue weighted by molar-refractivity contribution is -0.137. The summed E-state index contributed by atoms with van der Waals surface area (Å²) in [5.74, 6) is 0.142. The van der Waals surface area contributed by atoms with E-state index in [1.807, 2.05) is 0 Å². The number of fused-ring (bicyclic) bond motifs is 1. The molecule has 0 saturated carbocycles. The molecule has 4 rings (SSSR count). The van der Waals surface area contributed by atoms with Gasteiger partial charge in [0.2, 0.25) is 0 Å². The summed E-state index contributed by atoms with van der Waals surface area (Å²) in [5.41, 5.74) is -0.736. The Kier molecular flexibility index (Phi) is 4.00. The molecule has 0 N–H and O–H groups in total. The van der Waals surface area contributed by atoms with E-state index in [1.165, 1.54) is 29.1 Å². The molecule has 0 spiro atoms. The van der Waals surface area contributed by atoms with E-state index in [2.05, 4.69) is 9.97 Å². The fourth-order valence-corrected chi connectivity index (χ4v) is 2.84. The fourth-order valence-electron chi connectivity index (χ4n) is 2.68. The van der Waals surface area contributed by atoms with Crippen LogP contribution in [0.2, 0.25) is 5.35 Å². The Morgan fingerprint density at radius 2 is 1.81 bits per heavy atom. The zero-order valence-electron chi connectivity index (χ0n) is 13.4. The maximum atomic E-state index is 12.8. The van der Waals surface area contributed by atoms with Crippen LogP contribution in [0.15, 0.2) is 64.1 Å².